The van der Waals surface area contributed by atoms with E-state index in [1.807, 2.05) is 0 Å². The molecule has 1 aromatic rings. The highest BCUT2D eigenvalue weighted by Crippen LogP contribution is 2.32. The van der Waals surface area contributed by atoms with Gasteiger partial charge in [-0.05, 0) is 37.0 Å². The molecule has 0 saturated heterocycles. The lowest BCUT2D eigenvalue weighted by atomic mass is 10.0. The van der Waals surface area contributed by atoms with Crippen LogP contribution < -0.4 is 10.1 Å². The third kappa shape index (κ3) is 3.48. The van der Waals surface area contributed by atoms with Crippen LogP contribution in [0.2, 0.25) is 0 Å². The van der Waals surface area contributed by atoms with E-state index in [9.17, 15) is 0 Å². The van der Waals surface area contributed by atoms with Gasteiger partial charge in [-0.3, -0.25) is 0 Å². The first-order valence-electron chi connectivity index (χ1n) is 6.73. The minimum Gasteiger partial charge on any atom is -0.493 e. The van der Waals surface area contributed by atoms with Crippen LogP contribution in [-0.2, 0) is 13.0 Å². The van der Waals surface area contributed by atoms with Gasteiger partial charge in [-0.25, -0.2) is 0 Å². The van der Waals surface area contributed by atoms with Gasteiger partial charge in [0, 0.05) is 29.0 Å². The van der Waals surface area contributed by atoms with E-state index < -0.39 is 0 Å². The molecule has 1 atom stereocenters. The van der Waals surface area contributed by atoms with Crippen LogP contribution in [-0.4, -0.2) is 12.6 Å². The van der Waals surface area contributed by atoms with Crippen LogP contribution in [0.3, 0.4) is 0 Å². The van der Waals surface area contributed by atoms with Gasteiger partial charge < -0.3 is 10.1 Å². The summed E-state index contributed by atoms with van der Waals surface area (Å²) >= 11 is 3.58. The van der Waals surface area contributed by atoms with Gasteiger partial charge >= 0.3 is 0 Å². The van der Waals surface area contributed by atoms with Gasteiger partial charge in [0.25, 0.3) is 0 Å². The monoisotopic (exact) mass is 311 g/mol. The summed E-state index contributed by atoms with van der Waals surface area (Å²) in [6.45, 7) is 8.48. The third-order valence-electron chi connectivity index (χ3n) is 3.29. The minimum atomic E-state index is 0.543. The van der Waals surface area contributed by atoms with Crippen molar-refractivity contribution < 1.29 is 4.74 Å². The van der Waals surface area contributed by atoms with Crippen molar-refractivity contribution in [3.05, 3.63) is 27.7 Å². The summed E-state index contributed by atoms with van der Waals surface area (Å²) in [4.78, 5) is 0. The molecule has 0 aliphatic carbocycles. The van der Waals surface area contributed by atoms with E-state index in [4.69, 9.17) is 4.74 Å². The summed E-state index contributed by atoms with van der Waals surface area (Å²) in [6, 6.07) is 4.88. The Hall–Kier alpha value is -0.540. The fraction of sp³-hybridized carbons (Fsp3) is 0.600. The van der Waals surface area contributed by atoms with Crippen LogP contribution in [0.5, 0.6) is 5.75 Å². The first kappa shape index (κ1) is 13.9. The minimum absolute atomic E-state index is 0.543. The highest BCUT2D eigenvalue weighted by Gasteiger charge is 2.17. The maximum atomic E-state index is 5.74. The lowest BCUT2D eigenvalue weighted by molar-refractivity contribution is 0.350. The van der Waals surface area contributed by atoms with Crippen LogP contribution in [0.15, 0.2) is 16.6 Å². The second kappa shape index (κ2) is 6.07. The number of fused-ring (bicyclic) bond motifs is 1. The molecule has 1 heterocycles. The standard InChI is InChI=1S/C15H22BrNO/c1-10(2)6-11(3)17-9-13-8-14(16)7-12-4-5-18-15(12)13/h7-8,10-11,17H,4-6,9H2,1-3H3. The summed E-state index contributed by atoms with van der Waals surface area (Å²) in [5.74, 6) is 1.83. The van der Waals surface area contributed by atoms with Gasteiger partial charge in [0.1, 0.15) is 5.75 Å². The summed E-state index contributed by atoms with van der Waals surface area (Å²) in [5.41, 5.74) is 2.60. The first-order chi connectivity index (χ1) is 8.56. The molecule has 0 fully saturated rings. The maximum absolute atomic E-state index is 5.74. The van der Waals surface area contributed by atoms with E-state index in [1.54, 1.807) is 0 Å². The van der Waals surface area contributed by atoms with E-state index in [0.29, 0.717) is 6.04 Å². The first-order valence-corrected chi connectivity index (χ1v) is 7.53. The highest BCUT2D eigenvalue weighted by atomic mass is 79.9. The van der Waals surface area contributed by atoms with Gasteiger partial charge in [-0.2, -0.15) is 0 Å². The molecule has 1 aromatic carbocycles. The Balaban J connectivity index is 2.01. The zero-order chi connectivity index (χ0) is 13.1. The third-order valence-corrected chi connectivity index (χ3v) is 3.75. The predicted molar refractivity (Wildman–Crippen MR) is 79.1 cm³/mol. The molecule has 18 heavy (non-hydrogen) atoms. The lowest BCUT2D eigenvalue weighted by Crippen LogP contribution is -2.27. The number of hydrogen-bond acceptors (Lipinski definition) is 2. The molecule has 1 aliphatic rings. The van der Waals surface area contributed by atoms with E-state index in [2.05, 4.69) is 54.2 Å². The largest absolute Gasteiger partial charge is 0.493 e. The number of nitrogens with one attached hydrogen (secondary N) is 1. The summed E-state index contributed by atoms with van der Waals surface area (Å²) in [6.07, 6.45) is 2.24. The summed E-state index contributed by atoms with van der Waals surface area (Å²) in [7, 11) is 0. The smallest absolute Gasteiger partial charge is 0.127 e. The second-order valence-corrected chi connectivity index (χ2v) is 6.48. The zero-order valence-electron chi connectivity index (χ0n) is 11.4. The number of ether oxygens (including phenoxy) is 1. The van der Waals surface area contributed by atoms with Crippen molar-refractivity contribution in [3.63, 3.8) is 0 Å². The van der Waals surface area contributed by atoms with Gasteiger partial charge in [0.2, 0.25) is 0 Å². The molecular formula is C15H22BrNO. The Bertz CT molecular complexity index is 417. The second-order valence-electron chi connectivity index (χ2n) is 5.56. The predicted octanol–water partition coefficient (Wildman–Crippen LogP) is 3.91. The summed E-state index contributed by atoms with van der Waals surface area (Å²) in [5, 5.41) is 3.59. The Kier molecular flexibility index (Phi) is 4.68. The van der Waals surface area contributed by atoms with Crippen LogP contribution in [0, 0.1) is 5.92 Å². The van der Waals surface area contributed by atoms with Crippen LogP contribution in [0.25, 0.3) is 0 Å². The van der Waals surface area contributed by atoms with Crippen molar-refractivity contribution in [1.29, 1.82) is 0 Å². The zero-order valence-corrected chi connectivity index (χ0v) is 13.0. The lowest BCUT2D eigenvalue weighted by Gasteiger charge is -2.17. The fourth-order valence-electron chi connectivity index (χ4n) is 2.55. The van der Waals surface area contributed by atoms with Crippen molar-refractivity contribution in [2.45, 2.75) is 46.2 Å². The van der Waals surface area contributed by atoms with E-state index >= 15 is 0 Å². The molecule has 3 heteroatoms. The molecule has 0 amide bonds. The van der Waals surface area contributed by atoms with Gasteiger partial charge in [-0.15, -0.1) is 0 Å². The van der Waals surface area contributed by atoms with Gasteiger partial charge in [0.05, 0.1) is 6.61 Å². The molecule has 2 nitrogen and oxygen atoms in total. The average Bonchev–Trinajstić information content (AvgIpc) is 2.72. The van der Waals surface area contributed by atoms with Crippen molar-refractivity contribution in [1.82, 2.24) is 5.32 Å². The van der Waals surface area contributed by atoms with E-state index in [0.717, 1.165) is 35.7 Å². The highest BCUT2D eigenvalue weighted by molar-refractivity contribution is 9.10. The van der Waals surface area contributed by atoms with Gasteiger partial charge in [0.15, 0.2) is 0 Å². The van der Waals surface area contributed by atoms with Crippen molar-refractivity contribution in [3.8, 4) is 5.75 Å². The number of halogens is 1. The quantitative estimate of drug-likeness (QED) is 0.890. The molecule has 2 rings (SSSR count). The molecule has 0 aromatic heterocycles. The normalized spacial score (nSPS) is 15.6. The number of benzene rings is 1. The Morgan fingerprint density at radius 2 is 2.11 bits per heavy atom. The molecule has 1 aliphatic heterocycles. The topological polar surface area (TPSA) is 21.3 Å². The fourth-order valence-corrected chi connectivity index (χ4v) is 3.10. The van der Waals surface area contributed by atoms with Crippen LogP contribution in [0.1, 0.15) is 38.3 Å². The van der Waals surface area contributed by atoms with Gasteiger partial charge in [-0.1, -0.05) is 29.8 Å². The number of hydrogen-bond donors (Lipinski definition) is 1. The molecule has 0 radical (unpaired) electrons. The Morgan fingerprint density at radius 1 is 1.33 bits per heavy atom. The van der Waals surface area contributed by atoms with Crippen molar-refractivity contribution in [2.24, 2.45) is 5.92 Å². The van der Waals surface area contributed by atoms with E-state index in [-0.39, 0.29) is 0 Å². The molecule has 0 saturated carbocycles. The average molecular weight is 312 g/mol. The Labute approximate surface area is 118 Å². The van der Waals surface area contributed by atoms with Crippen LogP contribution >= 0.6 is 15.9 Å². The molecular weight excluding hydrogens is 290 g/mol. The van der Waals surface area contributed by atoms with Crippen molar-refractivity contribution in [2.75, 3.05) is 6.61 Å². The SMILES string of the molecule is CC(C)CC(C)NCc1cc(Br)cc2c1OCC2. The molecule has 1 N–H and O–H groups in total. The Morgan fingerprint density at radius 3 is 2.83 bits per heavy atom. The van der Waals surface area contributed by atoms with Crippen molar-refractivity contribution >= 4 is 15.9 Å². The molecule has 0 bridgehead atoms. The summed E-state index contributed by atoms with van der Waals surface area (Å²) < 4.78 is 6.89. The molecule has 100 valence electrons. The molecule has 1 unspecified atom stereocenters. The van der Waals surface area contributed by atoms with E-state index in [1.165, 1.54) is 17.5 Å². The van der Waals surface area contributed by atoms with Crippen LogP contribution in [0.4, 0.5) is 0 Å². The maximum Gasteiger partial charge on any atom is 0.127 e. The molecule has 0 spiro atoms. The number of rotatable bonds is 5.